The van der Waals surface area contributed by atoms with Gasteiger partial charge in [-0.3, -0.25) is 14.4 Å². The average molecular weight is 611 g/mol. The minimum Gasteiger partial charge on any atom is -0.506 e. The largest absolute Gasteiger partial charge is 0.506 e. The Kier molecular flexibility index (Phi) is 11.0. The molecule has 0 bridgehead atoms. The summed E-state index contributed by atoms with van der Waals surface area (Å²) in [5.74, 6) is -2.26. The molecule has 3 aromatic rings. The number of ether oxygens (including phenoxy) is 1. The van der Waals surface area contributed by atoms with E-state index in [1.54, 1.807) is 19.1 Å². The molecule has 13 heteroatoms. The van der Waals surface area contributed by atoms with E-state index in [0.717, 1.165) is 11.0 Å². The van der Waals surface area contributed by atoms with Crippen molar-refractivity contribution < 1.29 is 32.6 Å². The van der Waals surface area contributed by atoms with Gasteiger partial charge in [0, 0.05) is 29.6 Å². The second-order valence-electron chi connectivity index (χ2n) is 8.89. The van der Waals surface area contributed by atoms with Gasteiger partial charge in [-0.15, -0.1) is 11.8 Å². The summed E-state index contributed by atoms with van der Waals surface area (Å²) in [7, 11) is -2.61. The summed E-state index contributed by atoms with van der Waals surface area (Å²) in [6.07, 6.45) is 1.79. The van der Waals surface area contributed by atoms with E-state index in [9.17, 15) is 27.9 Å². The number of nitriles is 1. The highest BCUT2D eigenvalue weighted by atomic mass is 32.2. The third-order valence-corrected chi connectivity index (χ3v) is 9.12. The second kappa shape index (κ2) is 14.4. The second-order valence-corrected chi connectivity index (χ2v) is 11.9. The number of nitrogens with zero attached hydrogens (tertiary/aromatic N) is 1. The van der Waals surface area contributed by atoms with Crippen molar-refractivity contribution in [2.24, 2.45) is 0 Å². The van der Waals surface area contributed by atoms with Crippen LogP contribution in [0.25, 0.3) is 0 Å². The molecular weight excluding hydrogens is 580 g/mol. The molecule has 0 aliphatic rings. The third-order valence-electron chi connectivity index (χ3n) is 6.15. The van der Waals surface area contributed by atoms with Crippen LogP contribution in [0, 0.1) is 11.3 Å². The Morgan fingerprint density at radius 2 is 1.76 bits per heavy atom. The van der Waals surface area contributed by atoms with Crippen molar-refractivity contribution in [2.75, 3.05) is 30.5 Å². The fourth-order valence-electron chi connectivity index (χ4n) is 3.88. The Balaban J connectivity index is 1.92. The van der Waals surface area contributed by atoms with Crippen LogP contribution in [0.4, 0.5) is 11.4 Å². The summed E-state index contributed by atoms with van der Waals surface area (Å²) in [6, 6.07) is 16.4. The summed E-state index contributed by atoms with van der Waals surface area (Å²) in [6.45, 7) is 1.44. The molecule has 0 aliphatic heterocycles. The number of nitrogens with one attached hydrogen (secondary N) is 3. The molecule has 0 saturated heterocycles. The van der Waals surface area contributed by atoms with Crippen LogP contribution in [0.5, 0.6) is 11.5 Å². The average Bonchev–Trinajstić information content (AvgIpc) is 2.99. The van der Waals surface area contributed by atoms with E-state index in [1.807, 2.05) is 12.3 Å². The van der Waals surface area contributed by atoms with Crippen molar-refractivity contribution in [1.82, 2.24) is 5.32 Å². The number of hydrogen-bond donors (Lipinski definition) is 4. The van der Waals surface area contributed by atoms with Crippen LogP contribution in [-0.2, 0) is 19.4 Å². The van der Waals surface area contributed by atoms with Crippen molar-refractivity contribution in [2.45, 2.75) is 34.8 Å². The van der Waals surface area contributed by atoms with Gasteiger partial charge in [-0.05, 0) is 55.1 Å². The molecule has 0 radical (unpaired) electrons. The first-order chi connectivity index (χ1) is 20.0. The number of carbonyl (C=O) groups excluding carboxylic acids is 3. The molecule has 0 heterocycles. The zero-order valence-electron chi connectivity index (χ0n) is 23.1. The van der Waals surface area contributed by atoms with Gasteiger partial charge in [-0.1, -0.05) is 13.0 Å². The smallest absolute Gasteiger partial charge is 0.255 e. The van der Waals surface area contributed by atoms with E-state index in [0.29, 0.717) is 0 Å². The van der Waals surface area contributed by atoms with Crippen molar-refractivity contribution >= 4 is 50.7 Å². The zero-order chi connectivity index (χ0) is 30.9. The van der Waals surface area contributed by atoms with Crippen molar-refractivity contribution in [3.63, 3.8) is 0 Å². The number of aromatic hydroxyl groups is 1. The van der Waals surface area contributed by atoms with Crippen molar-refractivity contribution in [1.29, 1.82) is 5.26 Å². The molecule has 0 saturated carbocycles. The molecule has 42 heavy (non-hydrogen) atoms. The lowest BCUT2D eigenvalue weighted by atomic mass is 10.1. The van der Waals surface area contributed by atoms with Crippen LogP contribution in [0.2, 0.25) is 0 Å². The van der Waals surface area contributed by atoms with Gasteiger partial charge in [-0.2, -0.15) is 5.26 Å². The predicted molar refractivity (Wildman–Crippen MR) is 160 cm³/mol. The number of rotatable bonds is 12. The topological polar surface area (TPSA) is 175 Å². The van der Waals surface area contributed by atoms with Crippen LogP contribution >= 0.6 is 11.8 Å². The number of phenols is 1. The number of anilines is 2. The maximum Gasteiger partial charge on any atom is 0.255 e. The normalized spacial score (nSPS) is 11.6. The van der Waals surface area contributed by atoms with E-state index < -0.39 is 32.7 Å². The Morgan fingerprint density at radius 3 is 2.38 bits per heavy atom. The fourth-order valence-corrected chi connectivity index (χ4v) is 5.91. The van der Waals surface area contributed by atoms with Crippen LogP contribution in [-0.4, -0.2) is 56.4 Å². The predicted octanol–water partition coefficient (Wildman–Crippen LogP) is 3.94. The van der Waals surface area contributed by atoms with Crippen molar-refractivity contribution in [3.8, 4) is 17.6 Å². The van der Waals surface area contributed by atoms with E-state index in [4.69, 9.17) is 10.00 Å². The minimum atomic E-state index is -4.07. The Morgan fingerprint density at radius 1 is 1.05 bits per heavy atom. The van der Waals surface area contributed by atoms with Gasteiger partial charge in [0.15, 0.2) is 9.84 Å². The lowest BCUT2D eigenvalue weighted by Crippen LogP contribution is -2.35. The molecular formula is C29H30N4O7S2. The molecule has 1 unspecified atom stereocenters. The first-order valence-electron chi connectivity index (χ1n) is 12.7. The number of phenolic OH excluding ortho intramolecular Hbond substituents is 1. The first kappa shape index (κ1) is 32.0. The van der Waals surface area contributed by atoms with Gasteiger partial charge in [0.1, 0.15) is 16.7 Å². The highest BCUT2D eigenvalue weighted by Gasteiger charge is 2.33. The van der Waals surface area contributed by atoms with Gasteiger partial charge < -0.3 is 25.8 Å². The standard InChI is InChI=1S/C29H30N4O7S2/c1-4-26(42(38,39)21-10-8-20(41-3)9-11-21)29(37)33-23-15-24(34)22(16-25(23)40-13-12-27(35)31-2)32-28(36)19-7-5-6-18(14-19)17-30/h5-11,14-16,26,34H,4,12-13H2,1-3H3,(H,31,35)(H,32,36)(H,33,37). The van der Waals surface area contributed by atoms with Gasteiger partial charge in [0.25, 0.3) is 5.91 Å². The maximum atomic E-state index is 13.3. The summed E-state index contributed by atoms with van der Waals surface area (Å²) in [4.78, 5) is 38.7. The van der Waals surface area contributed by atoms with E-state index >= 15 is 0 Å². The third kappa shape index (κ3) is 7.80. The summed E-state index contributed by atoms with van der Waals surface area (Å²) in [5.41, 5.74) is 0.285. The number of hydrogen-bond acceptors (Lipinski definition) is 9. The summed E-state index contributed by atoms with van der Waals surface area (Å²) in [5, 5.41) is 25.9. The molecule has 1 atom stereocenters. The molecule has 3 aromatic carbocycles. The van der Waals surface area contributed by atoms with Crippen LogP contribution in [0.3, 0.4) is 0 Å². The van der Waals surface area contributed by atoms with Crippen molar-refractivity contribution in [3.05, 3.63) is 71.8 Å². The molecule has 0 spiro atoms. The Labute approximate surface area is 248 Å². The molecule has 3 amide bonds. The number of thioether (sulfide) groups is 1. The van der Waals surface area contributed by atoms with Crippen LogP contribution in [0.1, 0.15) is 35.7 Å². The molecule has 0 aliphatic carbocycles. The maximum absolute atomic E-state index is 13.3. The van der Waals surface area contributed by atoms with Gasteiger partial charge >= 0.3 is 0 Å². The van der Waals surface area contributed by atoms with E-state index in [2.05, 4.69) is 16.0 Å². The summed E-state index contributed by atoms with van der Waals surface area (Å²) >= 11 is 1.45. The van der Waals surface area contributed by atoms with Gasteiger partial charge in [-0.25, -0.2) is 8.42 Å². The number of amides is 3. The summed E-state index contributed by atoms with van der Waals surface area (Å²) < 4.78 is 32.4. The zero-order valence-corrected chi connectivity index (χ0v) is 24.8. The monoisotopic (exact) mass is 610 g/mol. The number of benzene rings is 3. The molecule has 220 valence electrons. The molecule has 0 aromatic heterocycles. The highest BCUT2D eigenvalue weighted by molar-refractivity contribution is 7.98. The Bertz CT molecular complexity index is 1620. The van der Waals surface area contributed by atoms with E-state index in [1.165, 1.54) is 61.3 Å². The Hall–Kier alpha value is -4.54. The van der Waals surface area contributed by atoms with Gasteiger partial charge in [0.2, 0.25) is 11.8 Å². The SMILES string of the molecule is CCC(C(=O)Nc1cc(O)c(NC(=O)c2cccc(C#N)c2)cc1OCCC(=O)NC)S(=O)(=O)c1ccc(SC)cc1. The van der Waals surface area contributed by atoms with Gasteiger partial charge in [0.05, 0.1) is 40.9 Å². The van der Waals surface area contributed by atoms with Crippen LogP contribution < -0.4 is 20.7 Å². The molecule has 11 nitrogen and oxygen atoms in total. The fraction of sp³-hybridized carbons (Fsp3) is 0.241. The first-order valence-corrected chi connectivity index (χ1v) is 15.5. The quantitative estimate of drug-likeness (QED) is 0.175. The number of sulfone groups is 1. The number of carbonyl (C=O) groups is 3. The van der Waals surface area contributed by atoms with E-state index in [-0.39, 0.29) is 58.5 Å². The molecule has 3 rings (SSSR count). The lowest BCUT2D eigenvalue weighted by Gasteiger charge is -2.19. The van der Waals surface area contributed by atoms with Crippen LogP contribution in [0.15, 0.2) is 70.5 Å². The molecule has 0 fully saturated rings. The molecule has 4 N–H and O–H groups in total. The lowest BCUT2D eigenvalue weighted by molar-refractivity contribution is -0.121. The minimum absolute atomic E-state index is 0.00859. The highest BCUT2D eigenvalue weighted by Crippen LogP contribution is 2.37.